The first-order chi connectivity index (χ1) is 8.70. The summed E-state index contributed by atoms with van der Waals surface area (Å²) in [5.74, 6) is 0.439. The van der Waals surface area contributed by atoms with Crippen molar-refractivity contribution in [3.8, 4) is 11.8 Å². The standard InChI is InChI=1S/C12H13N3O3/c13-7-9-3-4-10(6-12(9)15(16)17)18-11-2-1-5-14-8-11/h3-4,6,11,14H,1-2,5,8H2/t11-/m0/s1. The Morgan fingerprint density at radius 3 is 3.00 bits per heavy atom. The van der Waals surface area contributed by atoms with Crippen LogP contribution in [0, 0.1) is 21.4 Å². The van der Waals surface area contributed by atoms with Crippen molar-refractivity contribution in [3.05, 3.63) is 33.9 Å². The Labute approximate surface area is 104 Å². The highest BCUT2D eigenvalue weighted by Crippen LogP contribution is 2.25. The second kappa shape index (κ2) is 5.47. The van der Waals surface area contributed by atoms with Crippen molar-refractivity contribution in [3.63, 3.8) is 0 Å². The summed E-state index contributed by atoms with van der Waals surface area (Å²) < 4.78 is 5.67. The molecule has 0 aromatic heterocycles. The number of ether oxygens (including phenoxy) is 1. The van der Waals surface area contributed by atoms with Crippen molar-refractivity contribution < 1.29 is 9.66 Å². The maximum absolute atomic E-state index is 10.8. The smallest absolute Gasteiger partial charge is 0.290 e. The van der Waals surface area contributed by atoms with Crippen LogP contribution in [0.25, 0.3) is 0 Å². The van der Waals surface area contributed by atoms with E-state index in [1.807, 2.05) is 0 Å². The molecule has 0 bridgehead atoms. The minimum atomic E-state index is -0.565. The Balaban J connectivity index is 2.16. The van der Waals surface area contributed by atoms with Gasteiger partial charge in [-0.2, -0.15) is 5.26 Å². The van der Waals surface area contributed by atoms with Crippen LogP contribution in [0.15, 0.2) is 18.2 Å². The molecule has 0 aliphatic carbocycles. The van der Waals surface area contributed by atoms with E-state index in [1.54, 1.807) is 12.1 Å². The minimum absolute atomic E-state index is 0.0336. The molecule has 0 unspecified atom stereocenters. The summed E-state index contributed by atoms with van der Waals surface area (Å²) in [5.41, 5.74) is -0.159. The van der Waals surface area contributed by atoms with Gasteiger partial charge in [-0.05, 0) is 31.5 Å². The molecule has 1 heterocycles. The van der Waals surface area contributed by atoms with Crippen molar-refractivity contribution in [1.82, 2.24) is 5.32 Å². The van der Waals surface area contributed by atoms with Crippen LogP contribution >= 0.6 is 0 Å². The largest absolute Gasteiger partial charge is 0.489 e. The Morgan fingerprint density at radius 2 is 2.39 bits per heavy atom. The summed E-state index contributed by atoms with van der Waals surface area (Å²) in [4.78, 5) is 10.2. The lowest BCUT2D eigenvalue weighted by Gasteiger charge is -2.23. The molecule has 6 nitrogen and oxygen atoms in total. The average molecular weight is 247 g/mol. The third kappa shape index (κ3) is 2.76. The van der Waals surface area contributed by atoms with E-state index in [-0.39, 0.29) is 17.4 Å². The van der Waals surface area contributed by atoms with Crippen LogP contribution in [0.1, 0.15) is 18.4 Å². The van der Waals surface area contributed by atoms with E-state index in [0.717, 1.165) is 25.9 Å². The first-order valence-corrected chi connectivity index (χ1v) is 5.76. The predicted molar refractivity (Wildman–Crippen MR) is 64.3 cm³/mol. The maximum Gasteiger partial charge on any atom is 0.290 e. The molecular weight excluding hydrogens is 234 g/mol. The monoisotopic (exact) mass is 247 g/mol. The van der Waals surface area contributed by atoms with Crippen molar-refractivity contribution in [2.75, 3.05) is 13.1 Å². The number of rotatable bonds is 3. The molecule has 1 atom stereocenters. The second-order valence-electron chi connectivity index (χ2n) is 4.13. The molecule has 18 heavy (non-hydrogen) atoms. The second-order valence-corrected chi connectivity index (χ2v) is 4.13. The molecule has 0 radical (unpaired) electrons. The fraction of sp³-hybridized carbons (Fsp3) is 0.417. The van der Waals surface area contributed by atoms with Gasteiger partial charge in [-0.1, -0.05) is 0 Å². The van der Waals surface area contributed by atoms with Gasteiger partial charge in [0.1, 0.15) is 23.5 Å². The molecular formula is C12H13N3O3. The molecule has 6 heteroatoms. The number of hydrogen-bond donors (Lipinski definition) is 1. The Kier molecular flexibility index (Phi) is 3.75. The summed E-state index contributed by atoms with van der Waals surface area (Å²) in [5, 5.41) is 22.8. The number of hydrogen-bond acceptors (Lipinski definition) is 5. The van der Waals surface area contributed by atoms with E-state index >= 15 is 0 Å². The molecule has 0 spiro atoms. The number of benzene rings is 1. The zero-order chi connectivity index (χ0) is 13.0. The van der Waals surface area contributed by atoms with Crippen LogP contribution in [-0.4, -0.2) is 24.1 Å². The van der Waals surface area contributed by atoms with E-state index in [0.29, 0.717) is 5.75 Å². The van der Waals surface area contributed by atoms with Gasteiger partial charge in [0.15, 0.2) is 0 Å². The summed E-state index contributed by atoms with van der Waals surface area (Å²) in [7, 11) is 0. The Hall–Kier alpha value is -2.13. The highest BCUT2D eigenvalue weighted by molar-refractivity contribution is 5.52. The van der Waals surface area contributed by atoms with Crippen LogP contribution in [0.3, 0.4) is 0 Å². The number of nitrogens with one attached hydrogen (secondary N) is 1. The third-order valence-corrected chi connectivity index (χ3v) is 2.84. The van der Waals surface area contributed by atoms with Gasteiger partial charge in [-0.3, -0.25) is 10.1 Å². The van der Waals surface area contributed by atoms with Crippen molar-refractivity contribution in [1.29, 1.82) is 5.26 Å². The van der Waals surface area contributed by atoms with Crippen molar-refractivity contribution >= 4 is 5.69 Å². The maximum atomic E-state index is 10.8. The highest BCUT2D eigenvalue weighted by atomic mass is 16.6. The number of nitriles is 1. The first-order valence-electron chi connectivity index (χ1n) is 5.76. The summed E-state index contributed by atoms with van der Waals surface area (Å²) in [6.07, 6.45) is 2.00. The molecule has 2 rings (SSSR count). The predicted octanol–water partition coefficient (Wildman–Crippen LogP) is 1.60. The van der Waals surface area contributed by atoms with Gasteiger partial charge in [0.2, 0.25) is 0 Å². The lowest BCUT2D eigenvalue weighted by Crippen LogP contribution is -2.37. The van der Waals surface area contributed by atoms with Crippen molar-refractivity contribution in [2.45, 2.75) is 18.9 Å². The van der Waals surface area contributed by atoms with Crippen LogP contribution in [0.2, 0.25) is 0 Å². The Morgan fingerprint density at radius 1 is 1.56 bits per heavy atom. The number of piperidine rings is 1. The summed E-state index contributed by atoms with van der Waals surface area (Å²) in [6.45, 7) is 1.72. The number of nitro groups is 1. The molecule has 1 aliphatic rings. The van der Waals surface area contributed by atoms with Crippen LogP contribution in [0.5, 0.6) is 5.75 Å². The lowest BCUT2D eigenvalue weighted by atomic mass is 10.1. The molecule has 1 aromatic rings. The fourth-order valence-corrected chi connectivity index (χ4v) is 1.94. The van der Waals surface area contributed by atoms with E-state index in [9.17, 15) is 10.1 Å². The highest BCUT2D eigenvalue weighted by Gasteiger charge is 2.18. The molecule has 0 saturated carbocycles. The molecule has 1 saturated heterocycles. The molecule has 1 aromatic carbocycles. The number of nitrogens with zero attached hydrogens (tertiary/aromatic N) is 2. The SMILES string of the molecule is N#Cc1ccc(O[C@H]2CCCNC2)cc1[N+](=O)[O-]. The van der Waals surface area contributed by atoms with E-state index in [1.165, 1.54) is 12.1 Å². The van der Waals surface area contributed by atoms with E-state index < -0.39 is 4.92 Å². The van der Waals surface area contributed by atoms with Gasteiger partial charge in [-0.15, -0.1) is 0 Å². The first kappa shape index (κ1) is 12.3. The van der Waals surface area contributed by atoms with Crippen molar-refractivity contribution in [2.24, 2.45) is 0 Å². The molecule has 1 N–H and O–H groups in total. The quantitative estimate of drug-likeness (QED) is 0.647. The molecule has 1 aliphatic heterocycles. The lowest BCUT2D eigenvalue weighted by molar-refractivity contribution is -0.385. The van der Waals surface area contributed by atoms with Gasteiger partial charge < -0.3 is 10.1 Å². The van der Waals surface area contributed by atoms with Gasteiger partial charge in [-0.25, -0.2) is 0 Å². The number of nitro benzene ring substituents is 1. The minimum Gasteiger partial charge on any atom is -0.489 e. The third-order valence-electron chi connectivity index (χ3n) is 2.84. The van der Waals surface area contributed by atoms with Gasteiger partial charge in [0.25, 0.3) is 5.69 Å². The van der Waals surface area contributed by atoms with Gasteiger partial charge >= 0.3 is 0 Å². The summed E-state index contributed by atoms with van der Waals surface area (Å²) in [6, 6.07) is 6.13. The normalized spacial score (nSPS) is 18.9. The zero-order valence-corrected chi connectivity index (χ0v) is 9.76. The van der Waals surface area contributed by atoms with Crippen LogP contribution in [0.4, 0.5) is 5.69 Å². The molecule has 0 amide bonds. The molecule has 1 fully saturated rings. The van der Waals surface area contributed by atoms with E-state index in [2.05, 4.69) is 5.32 Å². The van der Waals surface area contributed by atoms with Gasteiger partial charge in [0.05, 0.1) is 11.0 Å². The van der Waals surface area contributed by atoms with E-state index in [4.69, 9.17) is 10.00 Å². The fourth-order valence-electron chi connectivity index (χ4n) is 1.94. The van der Waals surface area contributed by atoms with Crippen LogP contribution in [-0.2, 0) is 0 Å². The van der Waals surface area contributed by atoms with Crippen LogP contribution < -0.4 is 10.1 Å². The zero-order valence-electron chi connectivity index (χ0n) is 9.76. The average Bonchev–Trinajstić information content (AvgIpc) is 2.40. The summed E-state index contributed by atoms with van der Waals surface area (Å²) >= 11 is 0. The van der Waals surface area contributed by atoms with Gasteiger partial charge in [0, 0.05) is 6.54 Å². The topological polar surface area (TPSA) is 88.2 Å². The molecule has 94 valence electrons. The Bertz CT molecular complexity index is 490.